The van der Waals surface area contributed by atoms with Gasteiger partial charge in [0.1, 0.15) is 22.3 Å². The summed E-state index contributed by atoms with van der Waals surface area (Å²) in [6.07, 6.45) is 1.82. The predicted octanol–water partition coefficient (Wildman–Crippen LogP) is 10.9. The van der Waals surface area contributed by atoms with Crippen LogP contribution in [-0.2, 0) is 0 Å². The summed E-state index contributed by atoms with van der Waals surface area (Å²) < 4.78 is 13.0. The first-order valence-electron chi connectivity index (χ1n) is 15.8. The van der Waals surface area contributed by atoms with Gasteiger partial charge in [-0.25, -0.2) is 15.0 Å². The molecule has 48 heavy (non-hydrogen) atoms. The Morgan fingerprint density at radius 1 is 0.417 bits per heavy atom. The van der Waals surface area contributed by atoms with Crippen LogP contribution in [0.25, 0.3) is 100 Å². The number of fused-ring (bicyclic) bond motifs is 7. The molecule has 0 saturated heterocycles. The number of hydrogen-bond acceptors (Lipinski definition) is 6. The highest BCUT2D eigenvalue weighted by atomic mass is 16.3. The predicted molar refractivity (Wildman–Crippen MR) is 191 cm³/mol. The van der Waals surface area contributed by atoms with Crippen molar-refractivity contribution in [1.29, 1.82) is 0 Å². The number of benzene rings is 6. The Hall–Kier alpha value is -6.66. The van der Waals surface area contributed by atoms with Crippen molar-refractivity contribution >= 4 is 54.8 Å². The van der Waals surface area contributed by atoms with Crippen molar-refractivity contribution < 1.29 is 8.83 Å². The monoisotopic (exact) mass is 616 g/mol. The zero-order chi connectivity index (χ0) is 31.6. The van der Waals surface area contributed by atoms with Crippen LogP contribution >= 0.6 is 0 Å². The van der Waals surface area contributed by atoms with Gasteiger partial charge in [0, 0.05) is 55.4 Å². The number of aromatic nitrogens is 4. The fraction of sp³-hybridized carbons (Fsp3) is 0. The molecule has 6 heteroatoms. The third-order valence-electron chi connectivity index (χ3n) is 8.98. The fourth-order valence-electron chi connectivity index (χ4n) is 6.77. The van der Waals surface area contributed by atoms with Gasteiger partial charge in [-0.05, 0) is 48.0 Å². The second-order valence-electron chi connectivity index (χ2n) is 11.8. The van der Waals surface area contributed by atoms with E-state index in [0.29, 0.717) is 17.5 Å². The molecule has 0 bridgehead atoms. The second-order valence-corrected chi connectivity index (χ2v) is 11.8. The molecule has 4 aromatic heterocycles. The molecule has 224 valence electrons. The Labute approximate surface area is 274 Å². The van der Waals surface area contributed by atoms with E-state index < -0.39 is 0 Å². The molecule has 0 aliphatic rings. The van der Waals surface area contributed by atoms with Gasteiger partial charge in [0.25, 0.3) is 0 Å². The third-order valence-corrected chi connectivity index (χ3v) is 8.98. The number of rotatable bonds is 4. The number of furan rings is 2. The molecule has 0 N–H and O–H groups in total. The van der Waals surface area contributed by atoms with Gasteiger partial charge in [-0.1, -0.05) is 97.1 Å². The molecule has 6 nitrogen and oxygen atoms in total. The summed E-state index contributed by atoms with van der Waals surface area (Å²) in [5.74, 6) is 1.70. The molecule has 0 spiro atoms. The van der Waals surface area contributed by atoms with Crippen LogP contribution in [0.3, 0.4) is 0 Å². The van der Waals surface area contributed by atoms with Gasteiger partial charge in [-0.3, -0.25) is 4.98 Å². The van der Waals surface area contributed by atoms with E-state index in [4.69, 9.17) is 23.8 Å². The van der Waals surface area contributed by atoms with E-state index >= 15 is 0 Å². The summed E-state index contributed by atoms with van der Waals surface area (Å²) >= 11 is 0. The van der Waals surface area contributed by atoms with Gasteiger partial charge in [0.05, 0.1) is 5.52 Å². The minimum atomic E-state index is 0.553. The number of hydrogen-bond donors (Lipinski definition) is 0. The van der Waals surface area contributed by atoms with Crippen LogP contribution in [-0.4, -0.2) is 19.9 Å². The van der Waals surface area contributed by atoms with Crippen molar-refractivity contribution in [1.82, 2.24) is 19.9 Å². The van der Waals surface area contributed by atoms with E-state index in [1.807, 2.05) is 91.1 Å². The molecule has 10 aromatic rings. The second kappa shape index (κ2) is 10.4. The maximum absolute atomic E-state index is 6.72. The first-order chi connectivity index (χ1) is 23.8. The van der Waals surface area contributed by atoms with Crippen LogP contribution in [0.1, 0.15) is 0 Å². The molecule has 0 aliphatic carbocycles. The van der Waals surface area contributed by atoms with Crippen LogP contribution in [0.15, 0.2) is 155 Å². The molecular weight excluding hydrogens is 592 g/mol. The van der Waals surface area contributed by atoms with Crippen molar-refractivity contribution in [2.24, 2.45) is 0 Å². The van der Waals surface area contributed by atoms with Crippen LogP contribution in [0.4, 0.5) is 0 Å². The lowest BCUT2D eigenvalue weighted by Crippen LogP contribution is -2.01. The van der Waals surface area contributed by atoms with E-state index in [-0.39, 0.29) is 0 Å². The minimum Gasteiger partial charge on any atom is -0.456 e. The lowest BCUT2D eigenvalue weighted by molar-refractivity contribution is 0.669. The van der Waals surface area contributed by atoms with Crippen molar-refractivity contribution in [3.05, 3.63) is 146 Å². The number of nitrogens with zero attached hydrogens (tertiary/aromatic N) is 4. The molecule has 0 atom stereocenters. The molecule has 0 radical (unpaired) electrons. The molecule has 6 aromatic carbocycles. The van der Waals surface area contributed by atoms with E-state index in [0.717, 1.165) is 82.6 Å². The Balaban J connectivity index is 1.30. The smallest absolute Gasteiger partial charge is 0.164 e. The van der Waals surface area contributed by atoms with Gasteiger partial charge >= 0.3 is 0 Å². The van der Waals surface area contributed by atoms with Crippen molar-refractivity contribution in [3.8, 4) is 45.3 Å². The Bertz CT molecular complexity index is 2840. The van der Waals surface area contributed by atoms with Crippen LogP contribution in [0, 0.1) is 0 Å². The zero-order valence-corrected chi connectivity index (χ0v) is 25.5. The first kappa shape index (κ1) is 26.5. The van der Waals surface area contributed by atoms with E-state index in [2.05, 4.69) is 59.6 Å². The lowest BCUT2D eigenvalue weighted by atomic mass is 9.97. The quantitative estimate of drug-likeness (QED) is 0.196. The Morgan fingerprint density at radius 2 is 1.10 bits per heavy atom. The normalized spacial score (nSPS) is 11.8. The lowest BCUT2D eigenvalue weighted by Gasteiger charge is -2.11. The van der Waals surface area contributed by atoms with Crippen LogP contribution in [0.2, 0.25) is 0 Å². The highest BCUT2D eigenvalue weighted by Gasteiger charge is 2.22. The average molecular weight is 617 g/mol. The van der Waals surface area contributed by atoms with Gasteiger partial charge < -0.3 is 8.83 Å². The highest BCUT2D eigenvalue weighted by Crippen LogP contribution is 2.43. The molecule has 10 rings (SSSR count). The highest BCUT2D eigenvalue weighted by molar-refractivity contribution is 6.18. The van der Waals surface area contributed by atoms with Crippen molar-refractivity contribution in [2.45, 2.75) is 0 Å². The minimum absolute atomic E-state index is 0.553. The van der Waals surface area contributed by atoms with Gasteiger partial charge in [0.2, 0.25) is 0 Å². The molecule has 4 heterocycles. The topological polar surface area (TPSA) is 77.8 Å². The largest absolute Gasteiger partial charge is 0.456 e. The summed E-state index contributed by atoms with van der Waals surface area (Å²) in [6, 6.07) is 46.8. The van der Waals surface area contributed by atoms with Crippen molar-refractivity contribution in [2.75, 3.05) is 0 Å². The molecule has 0 fully saturated rings. The zero-order valence-electron chi connectivity index (χ0n) is 25.5. The molecule has 0 unspecified atom stereocenters. The maximum atomic E-state index is 6.72. The number of para-hydroxylation sites is 1. The summed E-state index contributed by atoms with van der Waals surface area (Å²) in [6.45, 7) is 0. The molecular formula is C42H24N4O2. The summed E-state index contributed by atoms with van der Waals surface area (Å²) in [5, 5.41) is 4.89. The molecule has 0 saturated carbocycles. The average Bonchev–Trinajstić information content (AvgIpc) is 3.72. The van der Waals surface area contributed by atoms with Gasteiger partial charge in [-0.2, -0.15) is 0 Å². The van der Waals surface area contributed by atoms with Gasteiger partial charge in [-0.15, -0.1) is 0 Å². The molecule has 0 amide bonds. The van der Waals surface area contributed by atoms with Crippen LogP contribution in [0.5, 0.6) is 0 Å². The Morgan fingerprint density at radius 3 is 1.94 bits per heavy atom. The summed E-state index contributed by atoms with van der Waals surface area (Å²) in [7, 11) is 0. The standard InChI is InChI=1S/C42H24N4O2/c1-3-11-25(12-4-1)28-20-21-31(38-32-24-33-27(15-10-22-43-33)23-36(32)48-39(28)38)42-45-40(26-13-5-2-6-14-26)44-41(46-42)30-17-9-19-35-37(30)29-16-7-8-18-34(29)47-35/h1-24H. The van der Waals surface area contributed by atoms with Gasteiger partial charge in [0.15, 0.2) is 17.5 Å². The van der Waals surface area contributed by atoms with E-state index in [9.17, 15) is 0 Å². The SMILES string of the molecule is c1ccc(-c2nc(-c3cccc4oc5ccccc5c34)nc(-c3ccc(-c4ccccc4)c4oc5cc6cccnc6cc5c34)n2)cc1. The first-order valence-corrected chi connectivity index (χ1v) is 15.8. The van der Waals surface area contributed by atoms with Crippen molar-refractivity contribution in [3.63, 3.8) is 0 Å². The maximum Gasteiger partial charge on any atom is 0.164 e. The third kappa shape index (κ3) is 4.13. The van der Waals surface area contributed by atoms with E-state index in [1.54, 1.807) is 0 Å². The summed E-state index contributed by atoms with van der Waals surface area (Å²) in [4.78, 5) is 20.1. The van der Waals surface area contributed by atoms with Crippen LogP contribution < -0.4 is 0 Å². The molecule has 0 aliphatic heterocycles. The number of pyridine rings is 1. The Kier molecular flexibility index (Phi) is 5.77. The van der Waals surface area contributed by atoms with E-state index in [1.165, 1.54) is 0 Å². The summed E-state index contributed by atoms with van der Waals surface area (Å²) in [5.41, 5.74) is 8.74. The fourth-order valence-corrected chi connectivity index (χ4v) is 6.77.